The van der Waals surface area contributed by atoms with Gasteiger partial charge in [0.2, 0.25) is 0 Å². The molecule has 301 valence electrons. The third kappa shape index (κ3) is 17.5. The van der Waals surface area contributed by atoms with Crippen molar-refractivity contribution >= 4 is 105 Å². The fraction of sp³-hybridized carbons (Fsp3) is 0.571. The number of nitrogens with one attached hydrogen (secondary N) is 1. The summed E-state index contributed by atoms with van der Waals surface area (Å²) in [6.07, 6.45) is 0. The van der Waals surface area contributed by atoms with Crippen LogP contribution in [0.3, 0.4) is 0 Å². The average molecular weight is 870 g/mol. The summed E-state index contributed by atoms with van der Waals surface area (Å²) in [6, 6.07) is 10.9. The Morgan fingerprint density at radius 2 is 0.768 bits per heavy atom. The van der Waals surface area contributed by atoms with Gasteiger partial charge in [-0.05, 0) is 30.3 Å². The minimum atomic E-state index is 0. The van der Waals surface area contributed by atoms with E-state index in [-0.39, 0.29) is 8.41 Å². The molecule has 5 aliphatic heterocycles. The molecule has 13 nitrogen and oxygen atoms in total. The summed E-state index contributed by atoms with van der Waals surface area (Å²) < 4.78 is 26.5. The van der Waals surface area contributed by atoms with Crippen molar-refractivity contribution < 1.29 is 23.7 Å². The zero-order valence-corrected chi connectivity index (χ0v) is 35.2. The number of ether oxygens (including phenoxy) is 5. The van der Waals surface area contributed by atoms with Gasteiger partial charge in [-0.15, -0.1) is 0 Å². The van der Waals surface area contributed by atoms with Crippen LogP contribution >= 0.6 is 58.0 Å². The van der Waals surface area contributed by atoms with Crippen molar-refractivity contribution in [3.8, 4) is 0 Å². The molecule has 0 saturated carbocycles. The standard InChI is InChI=1S/2C13H18ClN3O2.C5H2Cl3N.C4H9NO.B2.B/c14-12-9-11(16-1-5-18-6-2-16)10-13(15-12)17-3-7-19-8-4-17;14-11-9-12(16-1-5-18-6-2-16)15-13(10-11)17-3-7-19-8-4-17;6-3-1-4(7)9-5(8)2-3;1-3-6-4-2-5-1;1-2;/h2*9-10H,1-8H2;1-2H;5H,1-4H2;;. The lowest BCUT2D eigenvalue weighted by atomic mass is 9.81. The van der Waals surface area contributed by atoms with Crippen LogP contribution < -0.4 is 24.9 Å². The molecule has 3 aromatic rings. The van der Waals surface area contributed by atoms with Crippen LogP contribution in [0.1, 0.15) is 0 Å². The average Bonchev–Trinajstić information content (AvgIpc) is 3.23. The highest BCUT2D eigenvalue weighted by Gasteiger charge is 2.19. The first-order valence-corrected chi connectivity index (χ1v) is 20.0. The zero-order chi connectivity index (χ0) is 39.3. The third-order valence-electron chi connectivity index (χ3n) is 8.48. The van der Waals surface area contributed by atoms with E-state index >= 15 is 0 Å². The molecule has 0 aromatic carbocycles. The summed E-state index contributed by atoms with van der Waals surface area (Å²) in [5, 5.41) is 5.57. The van der Waals surface area contributed by atoms with Crippen molar-refractivity contribution in [3.05, 3.63) is 61.9 Å². The second-order valence-corrected chi connectivity index (χ2v) is 14.2. The SMILES string of the molecule is C1COCCN1.Clc1cc(Cl)nc(Cl)c1.Clc1cc(N2CCOCC2)cc(N2CCOCC2)n1.Clc1cc(N2CCOCC2)nc(N2CCOCC2)c1.[B].[B][B]. The molecule has 21 heteroatoms. The van der Waals surface area contributed by atoms with Crippen molar-refractivity contribution in [1.82, 2.24) is 20.3 Å². The largest absolute Gasteiger partial charge is 0.379 e. The van der Waals surface area contributed by atoms with Crippen LogP contribution in [0.25, 0.3) is 0 Å². The van der Waals surface area contributed by atoms with Crippen molar-refractivity contribution in [3.63, 3.8) is 0 Å². The van der Waals surface area contributed by atoms with Crippen molar-refractivity contribution in [1.29, 1.82) is 0 Å². The van der Waals surface area contributed by atoms with Crippen LogP contribution in [-0.2, 0) is 23.7 Å². The molecule has 8 rings (SSSR count). The van der Waals surface area contributed by atoms with E-state index in [9.17, 15) is 0 Å². The minimum Gasteiger partial charge on any atom is -0.379 e. The summed E-state index contributed by atoms with van der Waals surface area (Å²) in [5.74, 6) is 2.83. The first kappa shape index (κ1) is 48.4. The van der Waals surface area contributed by atoms with Crippen LogP contribution in [0.5, 0.6) is 0 Å². The molecule has 5 fully saturated rings. The summed E-state index contributed by atoms with van der Waals surface area (Å²) in [7, 11) is 8.00. The number of anilines is 4. The smallest absolute Gasteiger partial charge is 0.133 e. The Labute approximate surface area is 360 Å². The molecule has 5 saturated heterocycles. The maximum atomic E-state index is 6.23. The maximum absolute atomic E-state index is 6.23. The lowest BCUT2D eigenvalue weighted by molar-refractivity contribution is 0.109. The highest BCUT2D eigenvalue weighted by Crippen LogP contribution is 2.27. The summed E-state index contributed by atoms with van der Waals surface area (Å²) in [5.41, 5.74) is 1.13. The molecule has 0 unspecified atom stereocenters. The monoisotopic (exact) mass is 867 g/mol. The molecule has 0 amide bonds. The number of aromatic nitrogens is 3. The molecule has 0 aliphatic carbocycles. The quantitative estimate of drug-likeness (QED) is 0.298. The molecule has 0 bridgehead atoms. The van der Waals surface area contributed by atoms with E-state index in [1.165, 1.54) is 12.1 Å². The van der Waals surface area contributed by atoms with E-state index < -0.39 is 0 Å². The molecular weight excluding hydrogens is 822 g/mol. The second kappa shape index (κ2) is 27.7. The van der Waals surface area contributed by atoms with Crippen molar-refractivity contribution in [2.45, 2.75) is 0 Å². The Morgan fingerprint density at radius 3 is 1.12 bits per heavy atom. The van der Waals surface area contributed by atoms with Crippen LogP contribution in [0.2, 0.25) is 25.5 Å². The molecular formula is C35H47B3Cl5N8O5. The van der Waals surface area contributed by atoms with E-state index in [1.807, 2.05) is 18.2 Å². The molecule has 8 heterocycles. The van der Waals surface area contributed by atoms with Gasteiger partial charge >= 0.3 is 0 Å². The molecule has 7 radical (unpaired) electrons. The number of pyridine rings is 3. The van der Waals surface area contributed by atoms with Gasteiger partial charge in [-0.3, -0.25) is 0 Å². The molecule has 5 aliphatic rings. The number of morpholine rings is 5. The van der Waals surface area contributed by atoms with Gasteiger partial charge in [0.1, 0.15) is 32.9 Å². The Kier molecular flexibility index (Phi) is 23.9. The molecule has 0 atom stereocenters. The Hall–Kier alpha value is -1.95. The van der Waals surface area contributed by atoms with E-state index in [0.717, 1.165) is 160 Å². The van der Waals surface area contributed by atoms with E-state index in [0.29, 0.717) is 20.5 Å². The first-order valence-electron chi connectivity index (χ1n) is 18.1. The molecule has 1 N–H and O–H groups in total. The highest BCUT2D eigenvalue weighted by atomic mass is 35.5. The Balaban J connectivity index is 0.000000212. The summed E-state index contributed by atoms with van der Waals surface area (Å²) in [4.78, 5) is 21.8. The van der Waals surface area contributed by atoms with Gasteiger partial charge in [-0.25, -0.2) is 15.0 Å². The Bertz CT molecular complexity index is 1330. The fourth-order valence-electron chi connectivity index (χ4n) is 5.76. The van der Waals surface area contributed by atoms with Gasteiger partial charge in [0.25, 0.3) is 0 Å². The van der Waals surface area contributed by atoms with Gasteiger partial charge in [0.05, 0.1) is 66.1 Å². The number of nitrogens with zero attached hydrogens (tertiary/aromatic N) is 7. The van der Waals surface area contributed by atoms with Gasteiger partial charge in [-0.2, -0.15) is 0 Å². The third-order valence-corrected chi connectivity index (χ3v) is 9.50. The number of rotatable bonds is 4. The summed E-state index contributed by atoms with van der Waals surface area (Å²) in [6.45, 7) is 16.9. The van der Waals surface area contributed by atoms with Gasteiger partial charge in [0.15, 0.2) is 0 Å². The van der Waals surface area contributed by atoms with Gasteiger partial charge < -0.3 is 48.6 Å². The van der Waals surface area contributed by atoms with Crippen molar-refractivity contribution in [2.24, 2.45) is 0 Å². The summed E-state index contributed by atoms with van der Waals surface area (Å²) >= 11 is 28.9. The van der Waals surface area contributed by atoms with E-state index in [4.69, 9.17) is 86.7 Å². The molecule has 56 heavy (non-hydrogen) atoms. The normalized spacial score (nSPS) is 18.2. The van der Waals surface area contributed by atoms with E-state index in [1.54, 1.807) is 0 Å². The van der Waals surface area contributed by atoms with Crippen LogP contribution in [0.4, 0.5) is 23.1 Å². The van der Waals surface area contributed by atoms with Crippen LogP contribution in [-0.4, -0.2) is 170 Å². The van der Waals surface area contributed by atoms with Gasteiger partial charge in [0, 0.05) is 111 Å². The fourth-order valence-corrected chi connectivity index (χ4v) is 6.93. The van der Waals surface area contributed by atoms with Crippen LogP contribution in [0.15, 0.2) is 36.4 Å². The predicted octanol–water partition coefficient (Wildman–Crippen LogP) is 4.32. The number of hydrogen-bond acceptors (Lipinski definition) is 13. The second-order valence-electron chi connectivity index (χ2n) is 12.2. The first-order chi connectivity index (χ1) is 26.8. The minimum absolute atomic E-state index is 0. The number of halogens is 5. The predicted molar refractivity (Wildman–Crippen MR) is 231 cm³/mol. The molecule has 0 spiro atoms. The van der Waals surface area contributed by atoms with E-state index in [2.05, 4.69) is 56.4 Å². The Morgan fingerprint density at radius 1 is 0.429 bits per heavy atom. The van der Waals surface area contributed by atoms with Crippen molar-refractivity contribution in [2.75, 3.05) is 151 Å². The lowest BCUT2D eigenvalue weighted by Gasteiger charge is -2.31. The lowest BCUT2D eigenvalue weighted by Crippen LogP contribution is -2.38. The van der Waals surface area contributed by atoms with Crippen LogP contribution in [0, 0.1) is 0 Å². The molecule has 3 aromatic heterocycles. The number of hydrogen-bond donors (Lipinski definition) is 1. The topological polar surface area (TPSA) is 110 Å². The maximum Gasteiger partial charge on any atom is 0.133 e. The van der Waals surface area contributed by atoms with Gasteiger partial charge in [-0.1, -0.05) is 58.0 Å². The zero-order valence-electron chi connectivity index (χ0n) is 31.4. The highest BCUT2D eigenvalue weighted by molar-refractivity contribution is 6.75.